The molecule has 0 spiro atoms. The molecule has 1 N–H and O–H groups in total. The summed E-state index contributed by atoms with van der Waals surface area (Å²) in [5.41, 5.74) is 2.78. The van der Waals surface area contributed by atoms with Crippen LogP contribution in [0.1, 0.15) is 22.3 Å². The summed E-state index contributed by atoms with van der Waals surface area (Å²) in [5, 5.41) is 9.92. The molecular weight excluding hydrogens is 416 g/mol. The van der Waals surface area contributed by atoms with E-state index < -0.39 is 0 Å². The zero-order chi connectivity index (χ0) is 18.5. The number of carbonyl (C=O) groups is 1. The van der Waals surface area contributed by atoms with Crippen LogP contribution in [0.3, 0.4) is 0 Å². The smallest absolute Gasteiger partial charge is 0.164 e. The highest BCUT2D eigenvalue weighted by Crippen LogP contribution is 2.25. The molecule has 26 heavy (non-hydrogen) atoms. The Kier molecular flexibility index (Phi) is 6.70. The number of aliphatic hydroxyl groups excluding tert-OH is 1. The molecule has 3 rings (SSSR count). The number of benzene rings is 2. The maximum atomic E-state index is 12.3. The topological polar surface area (TPSA) is 43.8 Å². The summed E-state index contributed by atoms with van der Waals surface area (Å²) in [6.45, 7) is 4.55. The fraction of sp³-hybridized carbons (Fsp3) is 0.350. The molecule has 0 unspecified atom stereocenters. The van der Waals surface area contributed by atoms with E-state index in [-0.39, 0.29) is 12.4 Å². The minimum Gasteiger partial charge on any atom is -0.392 e. The molecule has 1 fully saturated rings. The molecule has 0 radical (unpaired) electrons. The second-order valence-corrected chi connectivity index (χ2v) is 7.73. The standard InChI is InChI=1S/C20H22BrClN2O2/c21-19-13-18(6-3-16(19)14-25)24-11-9-23(10-12-24)8-7-20(26)15-1-4-17(22)5-2-15/h1-6,13,25H,7-12,14H2. The van der Waals surface area contributed by atoms with Crippen molar-refractivity contribution in [3.63, 3.8) is 0 Å². The Morgan fingerprint density at radius 3 is 2.38 bits per heavy atom. The molecule has 0 atom stereocenters. The van der Waals surface area contributed by atoms with Gasteiger partial charge in [-0.1, -0.05) is 33.6 Å². The summed E-state index contributed by atoms with van der Waals surface area (Å²) in [6.07, 6.45) is 0.526. The van der Waals surface area contributed by atoms with Crippen molar-refractivity contribution < 1.29 is 9.90 Å². The molecule has 0 aliphatic carbocycles. The van der Waals surface area contributed by atoms with E-state index in [2.05, 4.69) is 37.9 Å². The Labute approximate surface area is 167 Å². The lowest BCUT2D eigenvalue weighted by Gasteiger charge is -2.36. The van der Waals surface area contributed by atoms with Gasteiger partial charge in [-0.05, 0) is 42.0 Å². The molecule has 1 heterocycles. The first-order chi connectivity index (χ1) is 12.6. The molecule has 0 aromatic heterocycles. The fourth-order valence-electron chi connectivity index (χ4n) is 3.13. The van der Waals surface area contributed by atoms with Gasteiger partial charge in [-0.3, -0.25) is 9.69 Å². The Hall–Kier alpha value is -1.40. The van der Waals surface area contributed by atoms with Crippen molar-refractivity contribution in [3.8, 4) is 0 Å². The van der Waals surface area contributed by atoms with Crippen molar-refractivity contribution in [1.29, 1.82) is 0 Å². The lowest BCUT2D eigenvalue weighted by Crippen LogP contribution is -2.46. The van der Waals surface area contributed by atoms with Crippen molar-refractivity contribution in [1.82, 2.24) is 4.90 Å². The first-order valence-electron chi connectivity index (χ1n) is 8.72. The van der Waals surface area contributed by atoms with E-state index in [4.69, 9.17) is 11.6 Å². The molecule has 1 aliphatic heterocycles. The van der Waals surface area contributed by atoms with E-state index >= 15 is 0 Å². The maximum absolute atomic E-state index is 12.3. The van der Waals surface area contributed by atoms with Gasteiger partial charge >= 0.3 is 0 Å². The van der Waals surface area contributed by atoms with Gasteiger partial charge in [0.2, 0.25) is 0 Å². The molecule has 0 saturated carbocycles. The fourth-order valence-corrected chi connectivity index (χ4v) is 3.75. The van der Waals surface area contributed by atoms with Gasteiger partial charge in [0.15, 0.2) is 5.78 Å². The van der Waals surface area contributed by atoms with Crippen LogP contribution in [-0.4, -0.2) is 48.5 Å². The molecule has 6 heteroatoms. The van der Waals surface area contributed by atoms with Crippen LogP contribution in [0.4, 0.5) is 5.69 Å². The Morgan fingerprint density at radius 1 is 1.08 bits per heavy atom. The van der Waals surface area contributed by atoms with E-state index in [0.29, 0.717) is 11.4 Å². The minimum atomic E-state index is 0.0380. The van der Waals surface area contributed by atoms with Gasteiger partial charge in [-0.25, -0.2) is 0 Å². The Balaban J connectivity index is 1.48. The second kappa shape index (κ2) is 9.00. The molecular formula is C20H22BrClN2O2. The maximum Gasteiger partial charge on any atom is 0.164 e. The average Bonchev–Trinajstić information content (AvgIpc) is 2.67. The number of carbonyl (C=O) groups excluding carboxylic acids is 1. The van der Waals surface area contributed by atoms with Crippen LogP contribution in [-0.2, 0) is 6.61 Å². The number of hydrogen-bond acceptors (Lipinski definition) is 4. The van der Waals surface area contributed by atoms with Crippen LogP contribution in [0.15, 0.2) is 46.9 Å². The molecule has 2 aromatic rings. The summed E-state index contributed by atoms with van der Waals surface area (Å²) in [6, 6.07) is 13.2. The zero-order valence-corrected chi connectivity index (χ0v) is 16.8. The average molecular weight is 438 g/mol. The van der Waals surface area contributed by atoms with Crippen molar-refractivity contribution >= 4 is 39.0 Å². The van der Waals surface area contributed by atoms with E-state index in [9.17, 15) is 9.90 Å². The first-order valence-corrected chi connectivity index (χ1v) is 9.89. The normalized spacial score (nSPS) is 15.3. The van der Waals surface area contributed by atoms with Crippen LogP contribution in [0.5, 0.6) is 0 Å². The van der Waals surface area contributed by atoms with Crippen LogP contribution in [0, 0.1) is 0 Å². The third kappa shape index (κ3) is 4.86. The van der Waals surface area contributed by atoms with Gasteiger partial charge in [0.25, 0.3) is 0 Å². The van der Waals surface area contributed by atoms with Crippen LogP contribution >= 0.6 is 27.5 Å². The van der Waals surface area contributed by atoms with Gasteiger partial charge in [-0.2, -0.15) is 0 Å². The quantitative estimate of drug-likeness (QED) is 0.694. The van der Waals surface area contributed by atoms with Crippen LogP contribution in [0.25, 0.3) is 0 Å². The third-order valence-electron chi connectivity index (χ3n) is 4.77. The summed E-state index contributed by atoms with van der Waals surface area (Å²) in [4.78, 5) is 16.9. The largest absolute Gasteiger partial charge is 0.392 e. The van der Waals surface area contributed by atoms with Gasteiger partial charge in [0, 0.05) is 59.9 Å². The van der Waals surface area contributed by atoms with Gasteiger partial charge in [0.05, 0.1) is 6.61 Å². The summed E-state index contributed by atoms with van der Waals surface area (Å²) >= 11 is 9.38. The molecule has 4 nitrogen and oxygen atoms in total. The minimum absolute atomic E-state index is 0.0380. The number of aliphatic hydroxyl groups is 1. The zero-order valence-electron chi connectivity index (χ0n) is 14.5. The number of anilines is 1. The highest BCUT2D eigenvalue weighted by molar-refractivity contribution is 9.10. The number of rotatable bonds is 6. The van der Waals surface area contributed by atoms with Crippen molar-refractivity contribution in [2.45, 2.75) is 13.0 Å². The number of halogens is 2. The number of hydrogen-bond donors (Lipinski definition) is 1. The Bertz CT molecular complexity index is 759. The number of nitrogens with zero attached hydrogens (tertiary/aromatic N) is 2. The number of piperazine rings is 1. The highest BCUT2D eigenvalue weighted by atomic mass is 79.9. The SMILES string of the molecule is O=C(CCN1CCN(c2ccc(CO)c(Br)c2)CC1)c1ccc(Cl)cc1. The van der Waals surface area contributed by atoms with Crippen molar-refractivity contribution in [2.24, 2.45) is 0 Å². The summed E-state index contributed by atoms with van der Waals surface area (Å²) in [5.74, 6) is 0.160. The lowest BCUT2D eigenvalue weighted by atomic mass is 10.1. The van der Waals surface area contributed by atoms with E-state index in [0.717, 1.165) is 54.0 Å². The van der Waals surface area contributed by atoms with E-state index in [1.54, 1.807) is 24.3 Å². The molecule has 2 aromatic carbocycles. The molecule has 1 saturated heterocycles. The summed E-state index contributed by atoms with van der Waals surface area (Å²) < 4.78 is 0.938. The highest BCUT2D eigenvalue weighted by Gasteiger charge is 2.18. The van der Waals surface area contributed by atoms with Gasteiger partial charge in [0.1, 0.15) is 0 Å². The third-order valence-corrected chi connectivity index (χ3v) is 5.76. The molecule has 0 amide bonds. The predicted octanol–water partition coefficient (Wildman–Crippen LogP) is 3.99. The number of Topliss-reactive ketones (excluding diaryl/α,β-unsaturated/α-hetero) is 1. The number of ketones is 1. The van der Waals surface area contributed by atoms with E-state index in [1.807, 2.05) is 6.07 Å². The first kappa shape index (κ1) is 19.4. The monoisotopic (exact) mass is 436 g/mol. The van der Waals surface area contributed by atoms with Crippen LogP contribution < -0.4 is 4.90 Å². The second-order valence-electron chi connectivity index (χ2n) is 6.44. The molecule has 0 bridgehead atoms. The molecule has 138 valence electrons. The lowest BCUT2D eigenvalue weighted by molar-refractivity contribution is 0.0962. The van der Waals surface area contributed by atoms with Gasteiger partial charge in [-0.15, -0.1) is 0 Å². The van der Waals surface area contributed by atoms with Crippen molar-refractivity contribution in [2.75, 3.05) is 37.6 Å². The summed E-state index contributed by atoms with van der Waals surface area (Å²) in [7, 11) is 0. The van der Waals surface area contributed by atoms with Gasteiger partial charge < -0.3 is 10.0 Å². The van der Waals surface area contributed by atoms with Crippen molar-refractivity contribution in [3.05, 3.63) is 63.1 Å². The predicted molar refractivity (Wildman–Crippen MR) is 109 cm³/mol. The molecule has 1 aliphatic rings. The Morgan fingerprint density at radius 2 is 1.77 bits per heavy atom. The van der Waals surface area contributed by atoms with E-state index in [1.165, 1.54) is 0 Å². The van der Waals surface area contributed by atoms with Crippen LogP contribution in [0.2, 0.25) is 5.02 Å².